The molecule has 0 fully saturated rings. The van der Waals surface area contributed by atoms with Crippen LogP contribution in [0.4, 0.5) is 4.39 Å². The van der Waals surface area contributed by atoms with Gasteiger partial charge in [0, 0.05) is 5.57 Å². The van der Waals surface area contributed by atoms with Gasteiger partial charge < -0.3 is 9.84 Å². The number of hydrogen-bond donors (Lipinski definition) is 1. The predicted molar refractivity (Wildman–Crippen MR) is 75.9 cm³/mol. The molecule has 0 aliphatic carbocycles. The summed E-state index contributed by atoms with van der Waals surface area (Å²) >= 11 is 0. The Balaban J connectivity index is 2.20. The number of ether oxygens (including phenoxy) is 1. The first kappa shape index (κ1) is 15.6. The minimum atomic E-state index is -1.64. The fraction of sp³-hybridized carbons (Fsp3) is 0.286. The van der Waals surface area contributed by atoms with Gasteiger partial charge in [0.15, 0.2) is 0 Å². The number of aromatic nitrogens is 4. The van der Waals surface area contributed by atoms with Crippen LogP contribution >= 0.6 is 0 Å². The summed E-state index contributed by atoms with van der Waals surface area (Å²) in [7, 11) is 1.58. The largest absolute Gasteiger partial charge is 0.497 e. The van der Waals surface area contributed by atoms with Crippen molar-refractivity contribution in [2.24, 2.45) is 0 Å². The molecule has 0 bridgehead atoms. The molecule has 1 N–H and O–H groups in total. The summed E-state index contributed by atoms with van der Waals surface area (Å²) in [6.45, 7) is 1.96. The molecule has 0 saturated carbocycles. The summed E-state index contributed by atoms with van der Waals surface area (Å²) in [4.78, 5) is 12.0. The van der Waals surface area contributed by atoms with Crippen molar-refractivity contribution in [1.29, 1.82) is 0 Å². The van der Waals surface area contributed by atoms with Gasteiger partial charge in [-0.2, -0.15) is 9.19 Å². The van der Waals surface area contributed by atoms with Crippen LogP contribution in [0.2, 0.25) is 0 Å². The summed E-state index contributed by atoms with van der Waals surface area (Å²) in [5, 5.41) is 20.3. The number of benzene rings is 1. The molecular formula is C14H15FN4O3. The first-order valence-electron chi connectivity index (χ1n) is 6.58. The van der Waals surface area contributed by atoms with Crippen molar-refractivity contribution in [3.05, 3.63) is 41.5 Å². The lowest BCUT2D eigenvalue weighted by molar-refractivity contribution is -0.134. The smallest absolute Gasteiger partial charge is 0.365 e. The van der Waals surface area contributed by atoms with Gasteiger partial charge in [0.25, 0.3) is 0 Å². The standard InChI is InChI=1S/C14H15FN4O3/c1-3-11(12(15)14(20)21)13-16-18-19(17-13)8-9-4-6-10(22-2)7-5-9/h4-7H,3,8H2,1-2H3,(H,20,21)/b12-11+. The fourth-order valence-corrected chi connectivity index (χ4v) is 1.87. The third-order valence-corrected chi connectivity index (χ3v) is 3.01. The van der Waals surface area contributed by atoms with Gasteiger partial charge in [-0.1, -0.05) is 19.1 Å². The molecule has 2 rings (SSSR count). The Bertz CT molecular complexity index is 694. The van der Waals surface area contributed by atoms with Crippen LogP contribution in [0.15, 0.2) is 30.1 Å². The van der Waals surface area contributed by atoms with Gasteiger partial charge in [-0.3, -0.25) is 0 Å². The Morgan fingerprint density at radius 1 is 1.36 bits per heavy atom. The zero-order chi connectivity index (χ0) is 16.1. The molecule has 0 amide bonds. The van der Waals surface area contributed by atoms with E-state index in [1.807, 2.05) is 12.1 Å². The van der Waals surface area contributed by atoms with Crippen LogP contribution < -0.4 is 4.74 Å². The number of nitrogens with zero attached hydrogens (tertiary/aromatic N) is 4. The second-order valence-electron chi connectivity index (χ2n) is 4.44. The summed E-state index contributed by atoms with van der Waals surface area (Å²) in [5.41, 5.74) is 0.832. The Hall–Kier alpha value is -2.77. The first-order chi connectivity index (χ1) is 10.5. The lowest BCUT2D eigenvalue weighted by Crippen LogP contribution is -2.05. The van der Waals surface area contributed by atoms with E-state index in [0.29, 0.717) is 6.54 Å². The first-order valence-corrected chi connectivity index (χ1v) is 6.58. The molecule has 0 aliphatic rings. The van der Waals surface area contributed by atoms with Gasteiger partial charge in [-0.25, -0.2) is 4.79 Å². The van der Waals surface area contributed by atoms with Crippen molar-refractivity contribution in [3.8, 4) is 5.75 Å². The number of rotatable bonds is 6. The molecule has 0 aliphatic heterocycles. The zero-order valence-electron chi connectivity index (χ0n) is 12.2. The summed E-state index contributed by atoms with van der Waals surface area (Å²) < 4.78 is 18.6. The van der Waals surface area contributed by atoms with E-state index in [1.54, 1.807) is 26.2 Å². The van der Waals surface area contributed by atoms with E-state index in [4.69, 9.17) is 9.84 Å². The Morgan fingerprint density at radius 2 is 2.05 bits per heavy atom. The minimum absolute atomic E-state index is 0.0177. The number of aliphatic carboxylic acids is 1. The fourth-order valence-electron chi connectivity index (χ4n) is 1.87. The second kappa shape index (κ2) is 6.79. The maximum absolute atomic E-state index is 13.5. The van der Waals surface area contributed by atoms with Crippen molar-refractivity contribution < 1.29 is 19.0 Å². The number of carbonyl (C=O) groups is 1. The monoisotopic (exact) mass is 306 g/mol. The maximum Gasteiger partial charge on any atom is 0.365 e. The van der Waals surface area contributed by atoms with Crippen molar-refractivity contribution in [2.75, 3.05) is 7.11 Å². The number of halogens is 1. The highest BCUT2D eigenvalue weighted by Crippen LogP contribution is 2.19. The highest BCUT2D eigenvalue weighted by molar-refractivity contribution is 5.92. The molecule has 1 heterocycles. The molecule has 0 radical (unpaired) electrons. The topological polar surface area (TPSA) is 90.1 Å². The Kier molecular flexibility index (Phi) is 4.82. The van der Waals surface area contributed by atoms with Crippen LogP contribution in [0.3, 0.4) is 0 Å². The van der Waals surface area contributed by atoms with Crippen LogP contribution in [-0.2, 0) is 11.3 Å². The lowest BCUT2D eigenvalue weighted by Gasteiger charge is -2.02. The Labute approximate surface area is 126 Å². The molecule has 0 spiro atoms. The van der Waals surface area contributed by atoms with Crippen LogP contribution in [0.25, 0.3) is 5.57 Å². The molecule has 22 heavy (non-hydrogen) atoms. The second-order valence-corrected chi connectivity index (χ2v) is 4.44. The SMILES string of the molecule is CC/C(=C(\F)C(=O)O)c1nnn(Cc2ccc(OC)cc2)n1. The van der Waals surface area contributed by atoms with E-state index in [2.05, 4.69) is 15.4 Å². The molecule has 1 aromatic heterocycles. The lowest BCUT2D eigenvalue weighted by atomic mass is 10.1. The van der Waals surface area contributed by atoms with E-state index in [1.165, 1.54) is 4.80 Å². The van der Waals surface area contributed by atoms with E-state index in [0.717, 1.165) is 11.3 Å². The number of allylic oxidation sites excluding steroid dienone is 1. The molecule has 0 saturated heterocycles. The van der Waals surface area contributed by atoms with Crippen molar-refractivity contribution in [2.45, 2.75) is 19.9 Å². The minimum Gasteiger partial charge on any atom is -0.497 e. The van der Waals surface area contributed by atoms with Gasteiger partial charge in [0.1, 0.15) is 5.75 Å². The van der Waals surface area contributed by atoms with Crippen LogP contribution in [0, 0.1) is 0 Å². The normalized spacial score (nSPS) is 12.0. The van der Waals surface area contributed by atoms with Crippen LogP contribution in [-0.4, -0.2) is 38.4 Å². The maximum atomic E-state index is 13.5. The summed E-state index contributed by atoms with van der Waals surface area (Å²) in [6.07, 6.45) is 0.159. The average molecular weight is 306 g/mol. The molecule has 0 atom stereocenters. The van der Waals surface area contributed by atoms with Gasteiger partial charge in [-0.05, 0) is 29.3 Å². The van der Waals surface area contributed by atoms with Crippen LogP contribution in [0.5, 0.6) is 5.75 Å². The number of carboxylic acid groups (broad SMARTS) is 1. The van der Waals surface area contributed by atoms with Gasteiger partial charge in [-0.15, -0.1) is 10.2 Å². The highest BCUT2D eigenvalue weighted by atomic mass is 19.1. The van der Waals surface area contributed by atoms with Gasteiger partial charge >= 0.3 is 5.97 Å². The molecule has 2 aromatic rings. The van der Waals surface area contributed by atoms with E-state index >= 15 is 0 Å². The predicted octanol–water partition coefficient (Wildman–Crippen LogP) is 1.91. The third-order valence-electron chi connectivity index (χ3n) is 3.01. The molecule has 7 nitrogen and oxygen atoms in total. The van der Waals surface area contributed by atoms with E-state index in [9.17, 15) is 9.18 Å². The molecule has 0 unspecified atom stereocenters. The molecule has 116 valence electrons. The van der Waals surface area contributed by atoms with Crippen molar-refractivity contribution in [3.63, 3.8) is 0 Å². The zero-order valence-corrected chi connectivity index (χ0v) is 12.2. The van der Waals surface area contributed by atoms with E-state index < -0.39 is 11.8 Å². The molecule has 8 heteroatoms. The summed E-state index contributed by atoms with van der Waals surface area (Å²) in [6, 6.07) is 7.29. The molecular weight excluding hydrogens is 291 g/mol. The number of methoxy groups -OCH3 is 1. The van der Waals surface area contributed by atoms with E-state index in [-0.39, 0.29) is 17.8 Å². The number of hydrogen-bond acceptors (Lipinski definition) is 5. The third kappa shape index (κ3) is 3.46. The van der Waals surface area contributed by atoms with Crippen molar-refractivity contribution in [1.82, 2.24) is 20.2 Å². The quantitative estimate of drug-likeness (QED) is 0.820. The van der Waals surface area contributed by atoms with Gasteiger partial charge in [0.2, 0.25) is 11.7 Å². The number of carboxylic acids is 1. The average Bonchev–Trinajstić information content (AvgIpc) is 2.97. The van der Waals surface area contributed by atoms with Crippen LogP contribution in [0.1, 0.15) is 24.7 Å². The number of tetrazole rings is 1. The van der Waals surface area contributed by atoms with Gasteiger partial charge in [0.05, 0.1) is 13.7 Å². The highest BCUT2D eigenvalue weighted by Gasteiger charge is 2.18. The Morgan fingerprint density at radius 3 is 2.59 bits per heavy atom. The summed E-state index contributed by atoms with van der Waals surface area (Å²) in [5.74, 6) is -2.18. The van der Waals surface area contributed by atoms with Crippen molar-refractivity contribution >= 4 is 11.5 Å². The molecule has 1 aromatic carbocycles.